The molecule has 0 aromatic heterocycles. The first-order valence-electron chi connectivity index (χ1n) is 7.33. The summed E-state index contributed by atoms with van der Waals surface area (Å²) < 4.78 is 0. The molecule has 2 aliphatic rings. The first-order valence-corrected chi connectivity index (χ1v) is 7.33. The van der Waals surface area contributed by atoms with Crippen LogP contribution in [0.2, 0.25) is 0 Å². The molecule has 0 radical (unpaired) electrons. The highest BCUT2D eigenvalue weighted by Crippen LogP contribution is 2.29. The summed E-state index contributed by atoms with van der Waals surface area (Å²) in [7, 11) is 0. The molecule has 0 heterocycles. The van der Waals surface area contributed by atoms with Gasteiger partial charge in [0.2, 0.25) is 0 Å². The normalized spacial score (nSPS) is 28.8. The highest BCUT2D eigenvalue weighted by atomic mass is 14.2. The standard InChI is InChI=1S/C9H18.C4H8.C2H6/c1-3-9-6-4-8(2)5-7-9;1-2-4-3-1;1-2/h8-9H,3-7H2,1-2H3;1-4H2;1-2H3. The maximum Gasteiger partial charge on any atom is -0.0417 e. The van der Waals surface area contributed by atoms with E-state index in [1.54, 1.807) is 0 Å². The van der Waals surface area contributed by atoms with Crippen LogP contribution in [0.25, 0.3) is 0 Å². The summed E-state index contributed by atoms with van der Waals surface area (Å²) in [5.41, 5.74) is 0. The molecule has 0 amide bonds. The van der Waals surface area contributed by atoms with Crippen LogP contribution in [-0.2, 0) is 0 Å². The zero-order chi connectivity index (χ0) is 11.5. The Hall–Kier alpha value is 0. The van der Waals surface area contributed by atoms with Crippen LogP contribution in [-0.4, -0.2) is 0 Å². The van der Waals surface area contributed by atoms with E-state index in [4.69, 9.17) is 0 Å². The SMILES string of the molecule is C1CCC1.CC.CCC1CCC(C)CC1. The number of hydrogen-bond acceptors (Lipinski definition) is 0. The number of rotatable bonds is 1. The lowest BCUT2D eigenvalue weighted by Gasteiger charge is -2.24. The van der Waals surface area contributed by atoms with Gasteiger partial charge in [-0.3, -0.25) is 0 Å². The lowest BCUT2D eigenvalue weighted by atomic mass is 9.82. The molecule has 2 rings (SSSR count). The molecule has 0 N–H and O–H groups in total. The van der Waals surface area contributed by atoms with Gasteiger partial charge in [0.05, 0.1) is 0 Å². The van der Waals surface area contributed by atoms with Crippen LogP contribution < -0.4 is 0 Å². The van der Waals surface area contributed by atoms with Gasteiger partial charge in [-0.2, -0.15) is 0 Å². The van der Waals surface area contributed by atoms with Gasteiger partial charge < -0.3 is 0 Å². The lowest BCUT2D eigenvalue weighted by Crippen LogP contribution is -2.10. The van der Waals surface area contributed by atoms with Crippen LogP contribution in [0.4, 0.5) is 0 Å². The minimum absolute atomic E-state index is 1.02. The van der Waals surface area contributed by atoms with Crippen LogP contribution in [0.5, 0.6) is 0 Å². The third-order valence-electron chi connectivity index (χ3n) is 3.71. The van der Waals surface area contributed by atoms with Gasteiger partial charge in [-0.15, -0.1) is 0 Å². The Bertz CT molecular complexity index is 101. The highest BCUT2D eigenvalue weighted by molar-refractivity contribution is 4.68. The predicted octanol–water partition coefficient (Wildman–Crippen LogP) is 5.81. The molecular formula is C15H32. The summed E-state index contributed by atoms with van der Waals surface area (Å²) in [6.07, 6.45) is 13.4. The molecule has 0 spiro atoms. The average molecular weight is 212 g/mol. The van der Waals surface area contributed by atoms with Crippen molar-refractivity contribution in [2.75, 3.05) is 0 Å². The fourth-order valence-electron chi connectivity index (χ4n) is 1.99. The van der Waals surface area contributed by atoms with E-state index < -0.39 is 0 Å². The summed E-state index contributed by atoms with van der Waals surface area (Å²) in [6, 6.07) is 0. The summed E-state index contributed by atoms with van der Waals surface area (Å²) >= 11 is 0. The van der Waals surface area contributed by atoms with Crippen molar-refractivity contribution in [3.8, 4) is 0 Å². The van der Waals surface area contributed by atoms with Gasteiger partial charge in [0.25, 0.3) is 0 Å². The van der Waals surface area contributed by atoms with Crippen molar-refractivity contribution in [1.29, 1.82) is 0 Å². The minimum Gasteiger partial charge on any atom is -0.0683 e. The summed E-state index contributed by atoms with van der Waals surface area (Å²) in [6.45, 7) is 8.70. The summed E-state index contributed by atoms with van der Waals surface area (Å²) in [5, 5.41) is 0. The molecule has 0 heteroatoms. The quantitative estimate of drug-likeness (QED) is 0.514. The Labute approximate surface area is 97.8 Å². The first kappa shape index (κ1) is 15.0. The highest BCUT2D eigenvalue weighted by Gasteiger charge is 2.15. The average Bonchev–Trinajstić information content (AvgIpc) is 2.20. The molecule has 15 heavy (non-hydrogen) atoms. The molecule has 0 nitrogen and oxygen atoms in total. The summed E-state index contributed by atoms with van der Waals surface area (Å²) in [4.78, 5) is 0. The van der Waals surface area contributed by atoms with E-state index >= 15 is 0 Å². The van der Waals surface area contributed by atoms with Crippen molar-refractivity contribution in [2.24, 2.45) is 11.8 Å². The van der Waals surface area contributed by atoms with Gasteiger partial charge in [0.15, 0.2) is 0 Å². The largest absolute Gasteiger partial charge is 0.0683 e. The predicted molar refractivity (Wildman–Crippen MR) is 71.2 cm³/mol. The molecule has 0 saturated heterocycles. The molecule has 0 aromatic carbocycles. The minimum atomic E-state index is 1.02. The van der Waals surface area contributed by atoms with Crippen molar-refractivity contribution < 1.29 is 0 Å². The fourth-order valence-corrected chi connectivity index (χ4v) is 1.99. The zero-order valence-electron chi connectivity index (χ0n) is 11.5. The monoisotopic (exact) mass is 212 g/mol. The molecule has 0 unspecified atom stereocenters. The smallest absolute Gasteiger partial charge is 0.0417 e. The van der Waals surface area contributed by atoms with Crippen molar-refractivity contribution in [2.45, 2.75) is 85.5 Å². The third kappa shape index (κ3) is 7.88. The molecule has 92 valence electrons. The second-order valence-electron chi connectivity index (χ2n) is 4.95. The van der Waals surface area contributed by atoms with Crippen molar-refractivity contribution >= 4 is 0 Å². The fraction of sp³-hybridized carbons (Fsp3) is 1.00. The Balaban J connectivity index is 0.000000272. The van der Waals surface area contributed by atoms with Gasteiger partial charge in [-0.1, -0.05) is 85.5 Å². The van der Waals surface area contributed by atoms with Crippen LogP contribution in [0, 0.1) is 11.8 Å². The van der Waals surface area contributed by atoms with Crippen LogP contribution in [0.3, 0.4) is 0 Å². The Morgan fingerprint density at radius 1 is 0.800 bits per heavy atom. The Kier molecular flexibility index (Phi) is 10.5. The molecule has 2 aliphatic carbocycles. The van der Waals surface area contributed by atoms with Crippen molar-refractivity contribution in [1.82, 2.24) is 0 Å². The maximum atomic E-state index is 2.38. The van der Waals surface area contributed by atoms with E-state index in [1.165, 1.54) is 57.8 Å². The molecular weight excluding hydrogens is 180 g/mol. The first-order chi connectivity index (χ1) is 7.33. The van der Waals surface area contributed by atoms with E-state index in [9.17, 15) is 0 Å². The third-order valence-corrected chi connectivity index (χ3v) is 3.71. The van der Waals surface area contributed by atoms with Gasteiger partial charge in [0, 0.05) is 0 Å². The molecule has 0 aromatic rings. The van der Waals surface area contributed by atoms with Crippen LogP contribution >= 0.6 is 0 Å². The maximum absolute atomic E-state index is 2.38. The van der Waals surface area contributed by atoms with E-state index in [0.717, 1.165) is 11.8 Å². The van der Waals surface area contributed by atoms with E-state index in [-0.39, 0.29) is 0 Å². The molecule has 0 aliphatic heterocycles. The topological polar surface area (TPSA) is 0 Å². The molecule has 0 atom stereocenters. The van der Waals surface area contributed by atoms with Gasteiger partial charge in [0.1, 0.15) is 0 Å². The molecule has 2 saturated carbocycles. The van der Waals surface area contributed by atoms with Crippen LogP contribution in [0.1, 0.15) is 85.5 Å². The Morgan fingerprint density at radius 2 is 1.20 bits per heavy atom. The summed E-state index contributed by atoms with van der Waals surface area (Å²) in [5.74, 6) is 2.09. The van der Waals surface area contributed by atoms with Crippen molar-refractivity contribution in [3.63, 3.8) is 0 Å². The van der Waals surface area contributed by atoms with Gasteiger partial charge >= 0.3 is 0 Å². The molecule has 0 bridgehead atoms. The second kappa shape index (κ2) is 10.5. The van der Waals surface area contributed by atoms with E-state index in [2.05, 4.69) is 13.8 Å². The van der Waals surface area contributed by atoms with E-state index in [1.807, 2.05) is 13.8 Å². The Morgan fingerprint density at radius 3 is 1.47 bits per heavy atom. The lowest BCUT2D eigenvalue weighted by molar-refractivity contribution is 0.284. The van der Waals surface area contributed by atoms with Crippen LogP contribution in [0.15, 0.2) is 0 Å². The number of hydrogen-bond donors (Lipinski definition) is 0. The van der Waals surface area contributed by atoms with Crippen molar-refractivity contribution in [3.05, 3.63) is 0 Å². The van der Waals surface area contributed by atoms with Gasteiger partial charge in [-0.25, -0.2) is 0 Å². The molecule has 2 fully saturated rings. The zero-order valence-corrected chi connectivity index (χ0v) is 11.5. The second-order valence-corrected chi connectivity index (χ2v) is 4.95. The van der Waals surface area contributed by atoms with Gasteiger partial charge in [-0.05, 0) is 11.8 Å². The van der Waals surface area contributed by atoms with E-state index in [0.29, 0.717) is 0 Å².